The third-order valence-corrected chi connectivity index (χ3v) is 5.30. The van der Waals surface area contributed by atoms with Crippen molar-refractivity contribution in [1.82, 2.24) is 4.98 Å². The van der Waals surface area contributed by atoms with E-state index >= 15 is 0 Å². The van der Waals surface area contributed by atoms with Crippen LogP contribution in [0.5, 0.6) is 0 Å². The van der Waals surface area contributed by atoms with Crippen molar-refractivity contribution in [3.05, 3.63) is 83.9 Å². The first kappa shape index (κ1) is 20.2. The van der Waals surface area contributed by atoms with E-state index in [1.807, 2.05) is 48.5 Å². The van der Waals surface area contributed by atoms with Crippen LogP contribution in [0.4, 0.5) is 11.5 Å². The molecule has 3 aromatic carbocycles. The molecule has 1 heterocycles. The van der Waals surface area contributed by atoms with Gasteiger partial charge in [0.2, 0.25) is 6.41 Å². The molecule has 4 rings (SSSR count). The summed E-state index contributed by atoms with van der Waals surface area (Å²) in [7, 11) is 0. The molecule has 4 aromatic rings. The lowest BCUT2D eigenvalue weighted by molar-refractivity contribution is -0.137. The number of benzene rings is 3. The Bertz CT molecular complexity index is 1230. The normalized spacial score (nSPS) is 11.8. The largest absolute Gasteiger partial charge is 0.480 e. The van der Waals surface area contributed by atoms with E-state index in [0.29, 0.717) is 17.9 Å². The highest BCUT2D eigenvalue weighted by molar-refractivity contribution is 6.10. The summed E-state index contributed by atoms with van der Waals surface area (Å²) in [6.07, 6.45) is 1.34. The van der Waals surface area contributed by atoms with E-state index in [-0.39, 0.29) is 0 Å². The molecule has 0 aliphatic heterocycles. The second-order valence-corrected chi connectivity index (χ2v) is 7.39. The van der Waals surface area contributed by atoms with Gasteiger partial charge in [-0.15, -0.1) is 0 Å². The molecular formula is C25H23N3O3. The van der Waals surface area contributed by atoms with Gasteiger partial charge in [0.25, 0.3) is 0 Å². The van der Waals surface area contributed by atoms with Crippen molar-refractivity contribution in [1.29, 1.82) is 0 Å². The fourth-order valence-electron chi connectivity index (χ4n) is 3.82. The molecule has 0 spiro atoms. The Morgan fingerprint density at radius 2 is 1.71 bits per heavy atom. The Kier molecular flexibility index (Phi) is 5.71. The summed E-state index contributed by atoms with van der Waals surface area (Å²) in [5.41, 5.74) is 5.74. The van der Waals surface area contributed by atoms with Crippen LogP contribution in [0.2, 0.25) is 0 Å². The molecule has 0 bridgehead atoms. The van der Waals surface area contributed by atoms with Crippen molar-refractivity contribution in [3.8, 4) is 11.1 Å². The van der Waals surface area contributed by atoms with E-state index in [4.69, 9.17) is 0 Å². The smallest absolute Gasteiger partial charge is 0.325 e. The Labute approximate surface area is 179 Å². The highest BCUT2D eigenvalue weighted by Crippen LogP contribution is 2.40. The highest BCUT2D eigenvalue weighted by Gasteiger charge is 2.20. The summed E-state index contributed by atoms with van der Waals surface area (Å²) >= 11 is 0. The molecule has 1 aromatic heterocycles. The van der Waals surface area contributed by atoms with E-state index in [1.54, 1.807) is 6.92 Å². The maximum Gasteiger partial charge on any atom is 0.325 e. The van der Waals surface area contributed by atoms with Crippen LogP contribution in [0, 0.1) is 0 Å². The van der Waals surface area contributed by atoms with E-state index in [9.17, 15) is 14.7 Å². The van der Waals surface area contributed by atoms with Gasteiger partial charge in [-0.1, -0.05) is 66.7 Å². The molecule has 0 aliphatic carbocycles. The molecule has 0 aliphatic rings. The third kappa shape index (κ3) is 4.14. The number of carboxylic acid groups (broad SMARTS) is 1. The maximum absolute atomic E-state index is 11.5. The van der Waals surface area contributed by atoms with Crippen LogP contribution in [0.3, 0.4) is 0 Å². The molecule has 1 atom stereocenters. The quantitative estimate of drug-likeness (QED) is 0.310. The van der Waals surface area contributed by atoms with Gasteiger partial charge in [-0.05, 0) is 41.7 Å². The van der Waals surface area contributed by atoms with Crippen molar-refractivity contribution in [2.45, 2.75) is 19.4 Å². The molecule has 6 heteroatoms. The van der Waals surface area contributed by atoms with Gasteiger partial charge in [-0.3, -0.25) is 9.59 Å². The first-order valence-electron chi connectivity index (χ1n) is 10.0. The van der Waals surface area contributed by atoms with Gasteiger partial charge in [0.05, 0.1) is 5.69 Å². The average molecular weight is 413 g/mol. The van der Waals surface area contributed by atoms with Crippen LogP contribution in [0.1, 0.15) is 18.1 Å². The fourth-order valence-corrected chi connectivity index (χ4v) is 3.82. The zero-order chi connectivity index (χ0) is 21.8. The van der Waals surface area contributed by atoms with Gasteiger partial charge in [-0.25, -0.2) is 0 Å². The monoisotopic (exact) mass is 413 g/mol. The van der Waals surface area contributed by atoms with Gasteiger partial charge in [0.1, 0.15) is 11.9 Å². The second kappa shape index (κ2) is 8.75. The zero-order valence-corrected chi connectivity index (χ0v) is 17.1. The number of aromatic nitrogens is 1. The topological polar surface area (TPSA) is 94.2 Å². The van der Waals surface area contributed by atoms with E-state index in [2.05, 4.69) is 39.9 Å². The van der Waals surface area contributed by atoms with Crippen LogP contribution >= 0.6 is 0 Å². The van der Waals surface area contributed by atoms with Crippen LogP contribution in [-0.4, -0.2) is 28.5 Å². The summed E-state index contributed by atoms with van der Waals surface area (Å²) in [6.45, 7) is 1.57. The molecule has 0 unspecified atom stereocenters. The number of carbonyl (C=O) groups excluding carboxylic acids is 1. The first-order valence-corrected chi connectivity index (χ1v) is 10.0. The number of carbonyl (C=O) groups is 2. The number of hydrogen-bond donors (Lipinski definition) is 4. The average Bonchev–Trinajstić information content (AvgIpc) is 3.12. The van der Waals surface area contributed by atoms with Gasteiger partial charge < -0.3 is 20.7 Å². The van der Waals surface area contributed by atoms with Crippen LogP contribution in [-0.2, 0) is 16.0 Å². The SMILES string of the molecule is C[C@H](Nc1c(NC=O)[nH]c2cccc(-c3ccccc3Cc3ccccc3)c12)C(=O)O. The van der Waals surface area contributed by atoms with Gasteiger partial charge in [0, 0.05) is 10.9 Å². The summed E-state index contributed by atoms with van der Waals surface area (Å²) in [5, 5.41) is 15.9. The number of nitrogens with one attached hydrogen (secondary N) is 3. The van der Waals surface area contributed by atoms with Crippen molar-refractivity contribution in [3.63, 3.8) is 0 Å². The maximum atomic E-state index is 11.5. The molecule has 6 nitrogen and oxygen atoms in total. The Morgan fingerprint density at radius 1 is 1.00 bits per heavy atom. The number of carboxylic acids is 1. The number of fused-ring (bicyclic) bond motifs is 1. The van der Waals surface area contributed by atoms with Gasteiger partial charge >= 0.3 is 5.97 Å². The Balaban J connectivity index is 1.89. The van der Waals surface area contributed by atoms with Crippen molar-refractivity contribution in [2.24, 2.45) is 0 Å². The molecule has 0 saturated carbocycles. The summed E-state index contributed by atoms with van der Waals surface area (Å²) in [6, 6.07) is 23.5. The lowest BCUT2D eigenvalue weighted by Gasteiger charge is -2.15. The van der Waals surface area contributed by atoms with Crippen molar-refractivity contribution < 1.29 is 14.7 Å². The predicted octanol–water partition coefficient (Wildman–Crippen LogP) is 4.88. The third-order valence-electron chi connectivity index (χ3n) is 5.30. The molecule has 31 heavy (non-hydrogen) atoms. The predicted molar refractivity (Wildman–Crippen MR) is 123 cm³/mol. The number of amides is 1. The molecule has 0 radical (unpaired) electrons. The number of aliphatic carboxylic acids is 1. The van der Waals surface area contributed by atoms with Crippen LogP contribution < -0.4 is 10.6 Å². The molecular weight excluding hydrogens is 390 g/mol. The second-order valence-electron chi connectivity index (χ2n) is 7.39. The minimum absolute atomic E-state index is 0.436. The summed E-state index contributed by atoms with van der Waals surface area (Å²) in [4.78, 5) is 25.8. The molecule has 156 valence electrons. The van der Waals surface area contributed by atoms with Gasteiger partial charge in [-0.2, -0.15) is 0 Å². The summed E-state index contributed by atoms with van der Waals surface area (Å²) in [5.74, 6) is -0.542. The number of hydrogen-bond acceptors (Lipinski definition) is 3. The Hall–Kier alpha value is -4.06. The number of anilines is 2. The van der Waals surface area contributed by atoms with Gasteiger partial charge in [0.15, 0.2) is 0 Å². The lowest BCUT2D eigenvalue weighted by Crippen LogP contribution is -2.25. The summed E-state index contributed by atoms with van der Waals surface area (Å²) < 4.78 is 0. The standard InChI is InChI=1S/C25H23N3O3/c1-16(25(30)31)27-23-22-20(12-7-13-21(22)28-24(23)26-15-29)19-11-6-5-10-18(19)14-17-8-3-2-4-9-17/h2-13,15-16,27-28H,14H2,1H3,(H,26,29)(H,30,31)/t16-/m0/s1. The lowest BCUT2D eigenvalue weighted by atomic mass is 9.92. The van der Waals surface area contributed by atoms with Crippen molar-refractivity contribution in [2.75, 3.05) is 10.6 Å². The number of aromatic amines is 1. The molecule has 0 fully saturated rings. The minimum Gasteiger partial charge on any atom is -0.480 e. The first-order chi connectivity index (χ1) is 15.1. The van der Waals surface area contributed by atoms with E-state index in [0.717, 1.165) is 34.0 Å². The number of rotatable bonds is 8. The highest BCUT2D eigenvalue weighted by atomic mass is 16.4. The van der Waals surface area contributed by atoms with E-state index < -0.39 is 12.0 Å². The zero-order valence-electron chi connectivity index (χ0n) is 17.1. The minimum atomic E-state index is -0.978. The van der Waals surface area contributed by atoms with Crippen molar-refractivity contribution >= 4 is 34.8 Å². The molecule has 1 amide bonds. The van der Waals surface area contributed by atoms with Crippen LogP contribution in [0.25, 0.3) is 22.0 Å². The Morgan fingerprint density at radius 3 is 2.45 bits per heavy atom. The molecule has 4 N–H and O–H groups in total. The number of H-pyrrole nitrogens is 1. The van der Waals surface area contributed by atoms with E-state index in [1.165, 1.54) is 5.56 Å². The van der Waals surface area contributed by atoms with Crippen LogP contribution in [0.15, 0.2) is 72.8 Å². The fraction of sp³-hybridized carbons (Fsp3) is 0.120. The molecule has 0 saturated heterocycles.